The monoisotopic (exact) mass is 319 g/mol. The minimum atomic E-state index is -0.0977. The molecule has 0 saturated carbocycles. The Balaban J connectivity index is 1.75. The summed E-state index contributed by atoms with van der Waals surface area (Å²) in [5.74, 6) is 0.582. The number of phenols is 1. The zero-order chi connectivity index (χ0) is 15.9. The molecule has 1 amide bonds. The summed E-state index contributed by atoms with van der Waals surface area (Å²) in [5, 5.41) is 12.6. The van der Waals surface area contributed by atoms with Gasteiger partial charge in [-0.3, -0.25) is 4.79 Å². The van der Waals surface area contributed by atoms with E-state index in [0.717, 1.165) is 5.56 Å². The van der Waals surface area contributed by atoms with E-state index < -0.39 is 0 Å². The van der Waals surface area contributed by atoms with Gasteiger partial charge < -0.3 is 15.2 Å². The Kier molecular flexibility index (Phi) is 5.67. The largest absolute Gasteiger partial charge is 0.508 e. The number of hydrogen-bond donors (Lipinski definition) is 2. The van der Waals surface area contributed by atoms with Crippen molar-refractivity contribution in [2.24, 2.45) is 0 Å². The number of carbonyl (C=O) groups excluding carboxylic acids is 1. The highest BCUT2D eigenvalue weighted by molar-refractivity contribution is 6.32. The van der Waals surface area contributed by atoms with Gasteiger partial charge in [0, 0.05) is 18.2 Å². The number of nitrogens with one attached hydrogen (secondary N) is 1. The standard InChI is InChI=1S/C17H18ClNO3/c1-12-10-14(20)11-15(18)16(12)22-9-5-8-19-17(21)13-6-3-2-4-7-13/h2-4,6-7,10-11,20H,5,8-9H2,1H3,(H,19,21). The maximum Gasteiger partial charge on any atom is 0.251 e. The molecule has 0 bridgehead atoms. The molecule has 0 saturated heterocycles. The van der Waals surface area contributed by atoms with E-state index in [1.54, 1.807) is 18.2 Å². The zero-order valence-electron chi connectivity index (χ0n) is 12.3. The number of hydrogen-bond acceptors (Lipinski definition) is 3. The van der Waals surface area contributed by atoms with Crippen LogP contribution in [0.2, 0.25) is 5.02 Å². The molecule has 2 aromatic rings. The number of halogens is 1. The van der Waals surface area contributed by atoms with Crippen LogP contribution in [-0.2, 0) is 0 Å². The van der Waals surface area contributed by atoms with Crippen LogP contribution in [0.1, 0.15) is 22.3 Å². The Hall–Kier alpha value is -2.20. The molecular weight excluding hydrogens is 302 g/mol. The van der Waals surface area contributed by atoms with Crippen LogP contribution in [0.3, 0.4) is 0 Å². The fraction of sp³-hybridized carbons (Fsp3) is 0.235. The van der Waals surface area contributed by atoms with E-state index in [1.807, 2.05) is 25.1 Å². The fourth-order valence-corrected chi connectivity index (χ4v) is 2.35. The Labute approximate surface area is 134 Å². The molecule has 2 aromatic carbocycles. The van der Waals surface area contributed by atoms with Crippen molar-refractivity contribution in [3.8, 4) is 11.5 Å². The molecule has 4 nitrogen and oxygen atoms in total. The normalized spacial score (nSPS) is 10.3. The SMILES string of the molecule is Cc1cc(O)cc(Cl)c1OCCCNC(=O)c1ccccc1. The Morgan fingerprint density at radius 1 is 1.27 bits per heavy atom. The lowest BCUT2D eigenvalue weighted by Gasteiger charge is -2.11. The first-order chi connectivity index (χ1) is 10.6. The molecule has 0 unspecified atom stereocenters. The molecule has 0 aliphatic rings. The zero-order valence-corrected chi connectivity index (χ0v) is 13.1. The second-order valence-corrected chi connectivity index (χ2v) is 5.30. The van der Waals surface area contributed by atoms with Gasteiger partial charge in [-0.15, -0.1) is 0 Å². The highest BCUT2D eigenvalue weighted by atomic mass is 35.5. The van der Waals surface area contributed by atoms with Crippen molar-refractivity contribution in [1.29, 1.82) is 0 Å². The number of aryl methyl sites for hydroxylation is 1. The fourth-order valence-electron chi connectivity index (χ4n) is 2.04. The van der Waals surface area contributed by atoms with E-state index in [9.17, 15) is 9.90 Å². The van der Waals surface area contributed by atoms with E-state index in [0.29, 0.717) is 35.9 Å². The topological polar surface area (TPSA) is 58.6 Å². The smallest absolute Gasteiger partial charge is 0.251 e. The third kappa shape index (κ3) is 4.40. The van der Waals surface area contributed by atoms with Gasteiger partial charge in [0.25, 0.3) is 5.91 Å². The van der Waals surface area contributed by atoms with Gasteiger partial charge in [0.15, 0.2) is 0 Å². The Morgan fingerprint density at radius 2 is 2.00 bits per heavy atom. The van der Waals surface area contributed by atoms with Crippen molar-refractivity contribution in [3.05, 3.63) is 58.6 Å². The van der Waals surface area contributed by atoms with Crippen molar-refractivity contribution in [2.45, 2.75) is 13.3 Å². The predicted octanol–water partition coefficient (Wildman–Crippen LogP) is 3.55. The molecule has 0 fully saturated rings. The Bertz CT molecular complexity index is 621. The van der Waals surface area contributed by atoms with Gasteiger partial charge in [0.1, 0.15) is 11.5 Å². The number of aromatic hydroxyl groups is 1. The first kappa shape index (κ1) is 16.2. The van der Waals surface area contributed by atoms with Gasteiger partial charge in [-0.25, -0.2) is 0 Å². The molecule has 0 aliphatic carbocycles. The second-order valence-electron chi connectivity index (χ2n) is 4.90. The van der Waals surface area contributed by atoms with Crippen LogP contribution >= 0.6 is 11.6 Å². The molecule has 5 heteroatoms. The molecule has 0 aliphatic heterocycles. The molecule has 2 N–H and O–H groups in total. The molecule has 0 aromatic heterocycles. The number of amides is 1. The third-order valence-corrected chi connectivity index (χ3v) is 3.38. The van der Waals surface area contributed by atoms with Gasteiger partial charge in [0.05, 0.1) is 11.6 Å². The van der Waals surface area contributed by atoms with Crippen LogP contribution in [0.25, 0.3) is 0 Å². The number of ether oxygens (including phenoxy) is 1. The lowest BCUT2D eigenvalue weighted by atomic mass is 10.2. The lowest BCUT2D eigenvalue weighted by Crippen LogP contribution is -2.25. The van der Waals surface area contributed by atoms with E-state index in [2.05, 4.69) is 5.32 Å². The predicted molar refractivity (Wildman–Crippen MR) is 86.7 cm³/mol. The molecule has 0 heterocycles. The summed E-state index contributed by atoms with van der Waals surface area (Å²) in [7, 11) is 0. The summed E-state index contributed by atoms with van der Waals surface area (Å²) in [6, 6.07) is 12.1. The molecule has 116 valence electrons. The van der Waals surface area contributed by atoms with Crippen LogP contribution in [0, 0.1) is 6.92 Å². The lowest BCUT2D eigenvalue weighted by molar-refractivity contribution is 0.0951. The number of rotatable bonds is 6. The molecular formula is C17H18ClNO3. The molecule has 0 spiro atoms. The van der Waals surface area contributed by atoms with Crippen molar-refractivity contribution >= 4 is 17.5 Å². The average Bonchev–Trinajstić information content (AvgIpc) is 2.49. The number of benzene rings is 2. The van der Waals surface area contributed by atoms with Crippen LogP contribution in [0.15, 0.2) is 42.5 Å². The minimum Gasteiger partial charge on any atom is -0.508 e. The van der Waals surface area contributed by atoms with Crippen LogP contribution in [0.4, 0.5) is 0 Å². The molecule has 0 radical (unpaired) electrons. The summed E-state index contributed by atoms with van der Waals surface area (Å²) >= 11 is 6.02. The first-order valence-corrected chi connectivity index (χ1v) is 7.41. The van der Waals surface area contributed by atoms with E-state index in [4.69, 9.17) is 16.3 Å². The van der Waals surface area contributed by atoms with Crippen molar-refractivity contribution < 1.29 is 14.6 Å². The molecule has 22 heavy (non-hydrogen) atoms. The molecule has 0 atom stereocenters. The van der Waals surface area contributed by atoms with Crippen LogP contribution in [-0.4, -0.2) is 24.2 Å². The quantitative estimate of drug-likeness (QED) is 0.800. The highest BCUT2D eigenvalue weighted by Gasteiger charge is 2.08. The van der Waals surface area contributed by atoms with Gasteiger partial charge in [-0.2, -0.15) is 0 Å². The van der Waals surface area contributed by atoms with Crippen LogP contribution in [0.5, 0.6) is 11.5 Å². The van der Waals surface area contributed by atoms with Gasteiger partial charge in [-0.1, -0.05) is 29.8 Å². The number of carbonyl (C=O) groups is 1. The summed E-state index contributed by atoms with van der Waals surface area (Å²) in [6.45, 7) is 2.76. The summed E-state index contributed by atoms with van der Waals surface area (Å²) in [4.78, 5) is 11.8. The van der Waals surface area contributed by atoms with Crippen molar-refractivity contribution in [2.75, 3.05) is 13.2 Å². The maximum absolute atomic E-state index is 11.8. The average molecular weight is 320 g/mol. The summed E-state index contributed by atoms with van der Waals surface area (Å²) < 4.78 is 5.62. The minimum absolute atomic E-state index is 0.0977. The summed E-state index contributed by atoms with van der Waals surface area (Å²) in [6.07, 6.45) is 0.662. The summed E-state index contributed by atoms with van der Waals surface area (Å²) in [5.41, 5.74) is 1.42. The third-order valence-electron chi connectivity index (χ3n) is 3.10. The second kappa shape index (κ2) is 7.71. The van der Waals surface area contributed by atoms with Crippen molar-refractivity contribution in [1.82, 2.24) is 5.32 Å². The van der Waals surface area contributed by atoms with Crippen molar-refractivity contribution in [3.63, 3.8) is 0 Å². The van der Waals surface area contributed by atoms with Gasteiger partial charge in [0.2, 0.25) is 0 Å². The van der Waals surface area contributed by atoms with E-state index >= 15 is 0 Å². The van der Waals surface area contributed by atoms with Gasteiger partial charge >= 0.3 is 0 Å². The van der Waals surface area contributed by atoms with Gasteiger partial charge in [-0.05, 0) is 37.1 Å². The Morgan fingerprint density at radius 3 is 2.68 bits per heavy atom. The van der Waals surface area contributed by atoms with E-state index in [1.165, 1.54) is 6.07 Å². The highest BCUT2D eigenvalue weighted by Crippen LogP contribution is 2.32. The van der Waals surface area contributed by atoms with E-state index in [-0.39, 0.29) is 11.7 Å². The molecule has 2 rings (SSSR count). The number of phenolic OH excluding ortho intramolecular Hbond substituents is 1. The van der Waals surface area contributed by atoms with Crippen LogP contribution < -0.4 is 10.1 Å². The maximum atomic E-state index is 11.8. The first-order valence-electron chi connectivity index (χ1n) is 7.03.